The lowest BCUT2D eigenvalue weighted by molar-refractivity contribution is -0.133. The van der Waals surface area contributed by atoms with Gasteiger partial charge in [0.15, 0.2) is 0 Å². The molecule has 1 N–H and O–H groups in total. The lowest BCUT2D eigenvalue weighted by Crippen LogP contribution is -2.50. The van der Waals surface area contributed by atoms with Gasteiger partial charge in [0.25, 0.3) is 5.91 Å². The SMILES string of the molecule is CCOC(=O)NC(Cc1ccccc1)C(=O)N1CCC2(CCN(C(=O)C#Cc3ccccc3)CC2)C1. The number of alkyl carbamates (subject to hydrolysis) is 1. The van der Waals surface area contributed by atoms with Crippen LogP contribution < -0.4 is 5.32 Å². The molecular weight excluding hydrogens is 454 g/mol. The fourth-order valence-electron chi connectivity index (χ4n) is 5.03. The zero-order valence-corrected chi connectivity index (χ0v) is 20.7. The first-order valence-electron chi connectivity index (χ1n) is 12.6. The quantitative estimate of drug-likeness (QED) is 0.657. The summed E-state index contributed by atoms with van der Waals surface area (Å²) >= 11 is 0. The van der Waals surface area contributed by atoms with Crippen molar-refractivity contribution in [2.24, 2.45) is 5.41 Å². The van der Waals surface area contributed by atoms with Gasteiger partial charge in [0, 0.05) is 44.1 Å². The Bertz CT molecular complexity index is 1120. The third-order valence-corrected chi connectivity index (χ3v) is 7.10. The van der Waals surface area contributed by atoms with E-state index in [4.69, 9.17) is 4.74 Å². The second-order valence-corrected chi connectivity index (χ2v) is 9.53. The molecule has 0 aromatic heterocycles. The molecule has 0 aliphatic carbocycles. The minimum atomic E-state index is -0.684. The Kier molecular flexibility index (Phi) is 8.27. The first kappa shape index (κ1) is 25.3. The number of hydrogen-bond donors (Lipinski definition) is 1. The number of carbonyl (C=O) groups excluding carboxylic acids is 3. The molecule has 3 amide bonds. The first-order valence-corrected chi connectivity index (χ1v) is 12.6. The highest BCUT2D eigenvalue weighted by molar-refractivity contribution is 5.94. The first-order chi connectivity index (χ1) is 17.5. The van der Waals surface area contributed by atoms with E-state index in [9.17, 15) is 14.4 Å². The Morgan fingerprint density at radius 3 is 2.19 bits per heavy atom. The number of nitrogens with zero attached hydrogens (tertiary/aromatic N) is 2. The van der Waals surface area contributed by atoms with Gasteiger partial charge in [0.05, 0.1) is 6.61 Å². The highest BCUT2D eigenvalue weighted by Gasteiger charge is 2.44. The molecule has 2 fully saturated rings. The summed E-state index contributed by atoms with van der Waals surface area (Å²) in [6, 6.07) is 18.5. The number of carbonyl (C=O) groups is 3. The number of piperidine rings is 1. The third kappa shape index (κ3) is 6.45. The molecular formula is C29H33N3O4. The largest absolute Gasteiger partial charge is 0.450 e. The average molecular weight is 488 g/mol. The standard InChI is InChI=1S/C29H33N3O4/c1-2-36-28(35)30-25(21-24-11-7-4-8-12-24)27(34)32-20-17-29(22-32)15-18-31(19-16-29)26(33)14-13-23-9-5-3-6-10-23/h3-12,25H,2,15-22H2,1H3,(H,30,35). The predicted octanol–water partition coefficient (Wildman–Crippen LogP) is 3.24. The van der Waals surface area contributed by atoms with Gasteiger partial charge in [-0.2, -0.15) is 0 Å². The highest BCUT2D eigenvalue weighted by atomic mass is 16.5. The molecule has 2 aromatic carbocycles. The maximum atomic E-state index is 13.5. The van der Waals surface area contributed by atoms with E-state index in [1.807, 2.05) is 70.5 Å². The predicted molar refractivity (Wildman–Crippen MR) is 137 cm³/mol. The minimum Gasteiger partial charge on any atom is -0.450 e. The van der Waals surface area contributed by atoms with Gasteiger partial charge in [-0.1, -0.05) is 54.5 Å². The van der Waals surface area contributed by atoms with E-state index in [1.165, 1.54) is 0 Å². The number of likely N-dealkylation sites (tertiary alicyclic amines) is 2. The van der Waals surface area contributed by atoms with Crippen LogP contribution in [0.2, 0.25) is 0 Å². The summed E-state index contributed by atoms with van der Waals surface area (Å²) in [5.74, 6) is 5.47. The zero-order valence-electron chi connectivity index (χ0n) is 20.7. The van der Waals surface area contributed by atoms with E-state index >= 15 is 0 Å². The molecule has 2 aromatic rings. The summed E-state index contributed by atoms with van der Waals surface area (Å²) in [6.07, 6.45) is 2.40. The molecule has 4 rings (SSSR count). The lowest BCUT2D eigenvalue weighted by Gasteiger charge is -2.38. The topological polar surface area (TPSA) is 79.0 Å². The van der Waals surface area contributed by atoms with Crippen LogP contribution in [0.5, 0.6) is 0 Å². The maximum absolute atomic E-state index is 13.5. The Morgan fingerprint density at radius 2 is 1.56 bits per heavy atom. The fraction of sp³-hybridized carbons (Fsp3) is 0.414. The van der Waals surface area contributed by atoms with Crippen LogP contribution in [0.1, 0.15) is 37.3 Å². The van der Waals surface area contributed by atoms with Crippen molar-refractivity contribution >= 4 is 17.9 Å². The van der Waals surface area contributed by atoms with Crippen LogP contribution >= 0.6 is 0 Å². The van der Waals surface area contributed by atoms with Crippen molar-refractivity contribution in [3.63, 3.8) is 0 Å². The monoisotopic (exact) mass is 487 g/mol. The van der Waals surface area contributed by atoms with Gasteiger partial charge in [0.1, 0.15) is 6.04 Å². The summed E-state index contributed by atoms with van der Waals surface area (Å²) in [7, 11) is 0. The van der Waals surface area contributed by atoms with E-state index in [0.717, 1.165) is 30.4 Å². The van der Waals surface area contributed by atoms with Crippen molar-refractivity contribution in [1.29, 1.82) is 0 Å². The Hall–Kier alpha value is -3.79. The van der Waals surface area contributed by atoms with Gasteiger partial charge in [-0.15, -0.1) is 0 Å². The van der Waals surface area contributed by atoms with E-state index in [2.05, 4.69) is 17.2 Å². The van der Waals surface area contributed by atoms with Gasteiger partial charge >= 0.3 is 6.09 Å². The van der Waals surface area contributed by atoms with Gasteiger partial charge in [-0.3, -0.25) is 9.59 Å². The molecule has 2 aliphatic heterocycles. The summed E-state index contributed by atoms with van der Waals surface area (Å²) in [5.41, 5.74) is 1.80. The van der Waals surface area contributed by atoms with E-state index in [-0.39, 0.29) is 23.8 Å². The summed E-state index contributed by atoms with van der Waals surface area (Å²) in [6.45, 7) is 4.55. The molecule has 188 valence electrons. The van der Waals surface area contributed by atoms with E-state index < -0.39 is 12.1 Å². The van der Waals surface area contributed by atoms with Crippen LogP contribution in [0.3, 0.4) is 0 Å². The van der Waals surface area contributed by atoms with Crippen molar-refractivity contribution in [2.45, 2.75) is 38.6 Å². The van der Waals surface area contributed by atoms with E-state index in [0.29, 0.717) is 32.6 Å². The number of rotatable bonds is 5. The van der Waals surface area contributed by atoms with Crippen molar-refractivity contribution in [3.05, 3.63) is 71.8 Å². The molecule has 1 atom stereocenters. The van der Waals surface area contributed by atoms with Gasteiger partial charge in [-0.25, -0.2) is 4.79 Å². The Labute approximate surface area is 212 Å². The summed E-state index contributed by atoms with van der Waals surface area (Å²) in [4.78, 5) is 41.9. The van der Waals surface area contributed by atoms with Gasteiger partial charge < -0.3 is 19.9 Å². The second kappa shape index (κ2) is 11.8. The van der Waals surface area contributed by atoms with E-state index in [1.54, 1.807) is 6.92 Å². The molecule has 1 unspecified atom stereocenters. The van der Waals surface area contributed by atoms with Crippen molar-refractivity contribution in [1.82, 2.24) is 15.1 Å². The molecule has 2 heterocycles. The normalized spacial score (nSPS) is 17.1. The molecule has 0 bridgehead atoms. The van der Waals surface area contributed by atoms with Crippen molar-refractivity contribution < 1.29 is 19.1 Å². The Balaban J connectivity index is 1.35. The van der Waals surface area contributed by atoms with Crippen LogP contribution in [-0.2, 0) is 20.7 Å². The van der Waals surface area contributed by atoms with Crippen molar-refractivity contribution in [3.8, 4) is 11.8 Å². The van der Waals surface area contributed by atoms with Crippen LogP contribution in [-0.4, -0.2) is 66.5 Å². The molecule has 7 nitrogen and oxygen atoms in total. The fourth-order valence-corrected chi connectivity index (χ4v) is 5.03. The van der Waals surface area contributed by atoms with Crippen LogP contribution in [0.25, 0.3) is 0 Å². The molecule has 2 saturated heterocycles. The molecule has 1 spiro atoms. The maximum Gasteiger partial charge on any atom is 0.407 e. The molecule has 2 aliphatic rings. The smallest absolute Gasteiger partial charge is 0.407 e. The van der Waals surface area contributed by atoms with Gasteiger partial charge in [-0.05, 0) is 49.3 Å². The van der Waals surface area contributed by atoms with Gasteiger partial charge in [0.2, 0.25) is 5.91 Å². The Morgan fingerprint density at radius 1 is 0.944 bits per heavy atom. The molecule has 0 radical (unpaired) electrons. The van der Waals surface area contributed by atoms with Crippen LogP contribution in [0, 0.1) is 17.3 Å². The number of nitrogens with one attached hydrogen (secondary N) is 1. The minimum absolute atomic E-state index is 0.000519. The number of benzene rings is 2. The molecule has 0 saturated carbocycles. The third-order valence-electron chi connectivity index (χ3n) is 7.10. The number of ether oxygens (including phenoxy) is 1. The molecule has 36 heavy (non-hydrogen) atoms. The highest BCUT2D eigenvalue weighted by Crippen LogP contribution is 2.40. The molecule has 7 heteroatoms. The van der Waals surface area contributed by atoms with Crippen LogP contribution in [0.15, 0.2) is 60.7 Å². The van der Waals surface area contributed by atoms with Crippen molar-refractivity contribution in [2.75, 3.05) is 32.8 Å². The lowest BCUT2D eigenvalue weighted by atomic mass is 9.78. The summed E-state index contributed by atoms with van der Waals surface area (Å²) in [5, 5.41) is 2.76. The average Bonchev–Trinajstić information content (AvgIpc) is 3.31. The zero-order chi connectivity index (χ0) is 25.4. The number of amides is 3. The summed E-state index contributed by atoms with van der Waals surface area (Å²) < 4.78 is 5.05. The number of hydrogen-bond acceptors (Lipinski definition) is 4. The second-order valence-electron chi connectivity index (χ2n) is 9.53. The van der Waals surface area contributed by atoms with Crippen LogP contribution in [0.4, 0.5) is 4.79 Å².